The summed E-state index contributed by atoms with van der Waals surface area (Å²) in [5, 5.41) is 17.5. The predicted octanol–water partition coefficient (Wildman–Crippen LogP) is 0.173. The number of aliphatic hydroxyl groups excluding tert-OH is 2. The maximum atomic E-state index is 8.76. The van der Waals surface area contributed by atoms with E-state index >= 15 is 0 Å². The van der Waals surface area contributed by atoms with Gasteiger partial charge in [-0.1, -0.05) is 0 Å². The Morgan fingerprint density at radius 3 is 1.33 bits per heavy atom. The molecule has 0 aromatic carbocycles. The van der Waals surface area contributed by atoms with Crippen molar-refractivity contribution in [2.75, 3.05) is 7.05 Å². The zero-order valence-electron chi connectivity index (χ0n) is 5.90. The van der Waals surface area contributed by atoms with Gasteiger partial charge in [-0.3, -0.25) is 4.90 Å². The standard InChI is InChI=1S/C5H13NO2.BrH/c1-4(7)6(3)5(2)8;/h4-5,7-8H,1-3H3;1H. The van der Waals surface area contributed by atoms with Crippen molar-refractivity contribution in [3.05, 3.63) is 0 Å². The summed E-state index contributed by atoms with van der Waals surface area (Å²) >= 11 is 0. The zero-order chi connectivity index (χ0) is 6.73. The predicted molar refractivity (Wildman–Crippen MR) is 41.4 cm³/mol. The van der Waals surface area contributed by atoms with Crippen LogP contribution < -0.4 is 0 Å². The van der Waals surface area contributed by atoms with E-state index in [1.54, 1.807) is 20.9 Å². The molecule has 0 fully saturated rings. The fourth-order valence-electron chi connectivity index (χ4n) is 0.312. The largest absolute Gasteiger partial charge is 0.379 e. The molecule has 0 radical (unpaired) electrons. The summed E-state index contributed by atoms with van der Waals surface area (Å²) in [6, 6.07) is 0. The van der Waals surface area contributed by atoms with Crippen molar-refractivity contribution < 1.29 is 10.2 Å². The highest BCUT2D eigenvalue weighted by Crippen LogP contribution is 1.93. The van der Waals surface area contributed by atoms with Crippen molar-refractivity contribution >= 4 is 17.0 Å². The summed E-state index contributed by atoms with van der Waals surface area (Å²) in [6.07, 6.45) is -1.15. The Labute approximate surface area is 66.1 Å². The first-order valence-electron chi connectivity index (χ1n) is 2.63. The highest BCUT2D eigenvalue weighted by atomic mass is 79.9. The van der Waals surface area contributed by atoms with Gasteiger partial charge in [0, 0.05) is 0 Å². The lowest BCUT2D eigenvalue weighted by Crippen LogP contribution is -2.36. The summed E-state index contributed by atoms with van der Waals surface area (Å²) in [7, 11) is 1.65. The van der Waals surface area contributed by atoms with Gasteiger partial charge in [-0.15, -0.1) is 17.0 Å². The average Bonchev–Trinajstić information content (AvgIpc) is 1.64. The third kappa shape index (κ3) is 4.84. The van der Waals surface area contributed by atoms with E-state index < -0.39 is 12.5 Å². The van der Waals surface area contributed by atoms with E-state index in [4.69, 9.17) is 10.2 Å². The van der Waals surface area contributed by atoms with Crippen molar-refractivity contribution in [3.8, 4) is 0 Å². The maximum Gasteiger partial charge on any atom is 0.106 e. The van der Waals surface area contributed by atoms with Crippen molar-refractivity contribution in [2.45, 2.75) is 26.3 Å². The van der Waals surface area contributed by atoms with Crippen molar-refractivity contribution in [2.24, 2.45) is 0 Å². The Balaban J connectivity index is 0. The Hall–Kier alpha value is 0.360. The van der Waals surface area contributed by atoms with Gasteiger partial charge in [-0.25, -0.2) is 0 Å². The SMILES string of the molecule is Br.CC(O)N(C)C(C)O. The van der Waals surface area contributed by atoms with E-state index in [2.05, 4.69) is 0 Å². The monoisotopic (exact) mass is 199 g/mol. The molecule has 2 N–H and O–H groups in total. The second kappa shape index (κ2) is 5.17. The molecular weight excluding hydrogens is 186 g/mol. The van der Waals surface area contributed by atoms with Crippen LogP contribution in [0, 0.1) is 0 Å². The Bertz CT molecular complexity index is 60.0. The first-order chi connectivity index (χ1) is 3.55. The molecule has 0 aliphatic rings. The number of hydrogen-bond donors (Lipinski definition) is 2. The quantitative estimate of drug-likeness (QED) is 0.624. The highest BCUT2D eigenvalue weighted by Gasteiger charge is 2.08. The third-order valence-electron chi connectivity index (χ3n) is 1.18. The van der Waals surface area contributed by atoms with Gasteiger partial charge >= 0.3 is 0 Å². The van der Waals surface area contributed by atoms with Crippen LogP contribution in [0.5, 0.6) is 0 Å². The number of halogens is 1. The topological polar surface area (TPSA) is 43.7 Å². The van der Waals surface area contributed by atoms with Gasteiger partial charge in [-0.2, -0.15) is 0 Å². The first-order valence-corrected chi connectivity index (χ1v) is 2.63. The third-order valence-corrected chi connectivity index (χ3v) is 1.18. The van der Waals surface area contributed by atoms with Crippen LogP contribution in [0.1, 0.15) is 13.8 Å². The molecule has 4 heteroatoms. The molecule has 0 spiro atoms. The van der Waals surface area contributed by atoms with Crippen LogP contribution in [-0.2, 0) is 0 Å². The number of aliphatic hydroxyl groups is 2. The Morgan fingerprint density at radius 2 is 1.33 bits per heavy atom. The zero-order valence-corrected chi connectivity index (χ0v) is 7.62. The van der Waals surface area contributed by atoms with Crippen LogP contribution in [-0.4, -0.2) is 34.6 Å². The molecule has 3 nitrogen and oxygen atoms in total. The summed E-state index contributed by atoms with van der Waals surface area (Å²) in [5.74, 6) is 0. The van der Waals surface area contributed by atoms with E-state index in [0.29, 0.717) is 0 Å². The number of hydrogen-bond acceptors (Lipinski definition) is 3. The lowest BCUT2D eigenvalue weighted by molar-refractivity contribution is -0.0665. The van der Waals surface area contributed by atoms with E-state index in [1.807, 2.05) is 0 Å². The van der Waals surface area contributed by atoms with E-state index in [-0.39, 0.29) is 17.0 Å². The molecule has 2 atom stereocenters. The molecule has 2 unspecified atom stereocenters. The molecular formula is C5H14BrNO2. The van der Waals surface area contributed by atoms with Crippen LogP contribution in [0.3, 0.4) is 0 Å². The molecule has 58 valence electrons. The summed E-state index contributed by atoms with van der Waals surface area (Å²) in [5.41, 5.74) is 0. The molecule has 0 aromatic rings. The minimum absolute atomic E-state index is 0. The van der Waals surface area contributed by atoms with Gasteiger partial charge < -0.3 is 10.2 Å². The molecule has 0 heterocycles. The normalized spacial score (nSPS) is 16.7. The lowest BCUT2D eigenvalue weighted by Gasteiger charge is -2.22. The van der Waals surface area contributed by atoms with Gasteiger partial charge in [0.2, 0.25) is 0 Å². The van der Waals surface area contributed by atoms with E-state index in [0.717, 1.165) is 0 Å². The maximum absolute atomic E-state index is 8.76. The first kappa shape index (κ1) is 12.1. The van der Waals surface area contributed by atoms with Crippen molar-refractivity contribution in [1.29, 1.82) is 0 Å². The number of rotatable bonds is 2. The van der Waals surface area contributed by atoms with E-state index in [1.165, 1.54) is 4.90 Å². The average molecular weight is 200 g/mol. The van der Waals surface area contributed by atoms with Crippen LogP contribution in [0.15, 0.2) is 0 Å². The summed E-state index contributed by atoms with van der Waals surface area (Å²) < 4.78 is 0. The van der Waals surface area contributed by atoms with Gasteiger partial charge in [-0.05, 0) is 20.9 Å². The highest BCUT2D eigenvalue weighted by molar-refractivity contribution is 8.93. The minimum Gasteiger partial charge on any atom is -0.379 e. The van der Waals surface area contributed by atoms with Gasteiger partial charge in [0.25, 0.3) is 0 Å². The molecule has 0 bridgehead atoms. The minimum atomic E-state index is -0.574. The molecule has 0 aliphatic heterocycles. The van der Waals surface area contributed by atoms with Crippen molar-refractivity contribution in [3.63, 3.8) is 0 Å². The van der Waals surface area contributed by atoms with Gasteiger partial charge in [0.15, 0.2) is 0 Å². The number of nitrogens with zero attached hydrogens (tertiary/aromatic N) is 1. The second-order valence-electron chi connectivity index (χ2n) is 1.93. The van der Waals surface area contributed by atoms with Gasteiger partial charge in [0.1, 0.15) is 12.5 Å². The molecule has 9 heavy (non-hydrogen) atoms. The van der Waals surface area contributed by atoms with Crippen LogP contribution in [0.25, 0.3) is 0 Å². The Morgan fingerprint density at radius 1 is 1.11 bits per heavy atom. The molecule has 0 saturated carbocycles. The lowest BCUT2D eigenvalue weighted by atomic mass is 10.5. The van der Waals surface area contributed by atoms with Gasteiger partial charge in [0.05, 0.1) is 0 Å². The second-order valence-corrected chi connectivity index (χ2v) is 1.93. The summed E-state index contributed by atoms with van der Waals surface area (Å²) in [4.78, 5) is 1.44. The van der Waals surface area contributed by atoms with Crippen molar-refractivity contribution in [1.82, 2.24) is 4.90 Å². The molecule has 0 amide bonds. The van der Waals surface area contributed by atoms with Crippen LogP contribution in [0.4, 0.5) is 0 Å². The van der Waals surface area contributed by atoms with Crippen LogP contribution in [0.2, 0.25) is 0 Å². The van der Waals surface area contributed by atoms with Crippen LogP contribution >= 0.6 is 17.0 Å². The molecule has 0 saturated heterocycles. The fraction of sp³-hybridized carbons (Fsp3) is 1.00. The molecule has 0 aliphatic carbocycles. The summed E-state index contributed by atoms with van der Waals surface area (Å²) in [6.45, 7) is 3.21. The van der Waals surface area contributed by atoms with E-state index in [9.17, 15) is 0 Å². The fourth-order valence-corrected chi connectivity index (χ4v) is 0.312. The Kier molecular flexibility index (Phi) is 6.94. The molecule has 0 aromatic heterocycles. The molecule has 0 rings (SSSR count). The smallest absolute Gasteiger partial charge is 0.106 e.